The number of rotatable bonds is 3. The molecule has 0 bridgehead atoms. The van der Waals surface area contributed by atoms with E-state index in [-0.39, 0.29) is 11.9 Å². The third-order valence-corrected chi connectivity index (χ3v) is 4.84. The van der Waals surface area contributed by atoms with Crippen molar-refractivity contribution in [3.05, 3.63) is 22.6 Å². The molecule has 1 amide bonds. The number of nitrogens with one attached hydrogen (secondary N) is 1. The Balaban J connectivity index is 1.63. The predicted molar refractivity (Wildman–Crippen MR) is 75.5 cm³/mol. The zero-order valence-electron chi connectivity index (χ0n) is 11.1. The van der Waals surface area contributed by atoms with Crippen LogP contribution in [-0.4, -0.2) is 30.4 Å². The van der Waals surface area contributed by atoms with Crippen molar-refractivity contribution in [2.24, 2.45) is 11.8 Å². The first-order chi connectivity index (χ1) is 9.15. The summed E-state index contributed by atoms with van der Waals surface area (Å²) in [6.07, 6.45) is 3.74. The van der Waals surface area contributed by atoms with Crippen molar-refractivity contribution in [3.63, 3.8) is 0 Å². The average molecular weight is 327 g/mol. The second-order valence-electron chi connectivity index (χ2n) is 5.64. The molecule has 5 heteroatoms. The lowest BCUT2D eigenvalue weighted by Gasteiger charge is -2.24. The van der Waals surface area contributed by atoms with Gasteiger partial charge in [0.2, 0.25) is 5.91 Å². The summed E-state index contributed by atoms with van der Waals surface area (Å²) < 4.78 is 6.16. The number of fused-ring (bicyclic) bond motifs is 1. The fraction of sp³-hybridized carbons (Fsp3) is 0.643. The lowest BCUT2D eigenvalue weighted by molar-refractivity contribution is -0.133. The van der Waals surface area contributed by atoms with Gasteiger partial charge >= 0.3 is 0 Å². The van der Waals surface area contributed by atoms with Gasteiger partial charge in [0.1, 0.15) is 5.76 Å². The highest BCUT2D eigenvalue weighted by Gasteiger charge is 2.43. The van der Waals surface area contributed by atoms with Crippen molar-refractivity contribution < 1.29 is 9.21 Å². The van der Waals surface area contributed by atoms with Crippen LogP contribution in [0.3, 0.4) is 0 Å². The van der Waals surface area contributed by atoms with Crippen molar-refractivity contribution in [3.8, 4) is 0 Å². The Hall–Kier alpha value is -0.810. The third kappa shape index (κ3) is 2.58. The van der Waals surface area contributed by atoms with Gasteiger partial charge in [0.15, 0.2) is 4.67 Å². The minimum Gasteiger partial charge on any atom is -0.452 e. The second-order valence-corrected chi connectivity index (χ2v) is 6.42. The van der Waals surface area contributed by atoms with E-state index in [1.807, 2.05) is 19.2 Å². The van der Waals surface area contributed by atoms with Crippen LogP contribution in [0.1, 0.15) is 25.0 Å². The Morgan fingerprint density at radius 2 is 2.37 bits per heavy atom. The normalized spacial score (nSPS) is 29.5. The van der Waals surface area contributed by atoms with Crippen LogP contribution < -0.4 is 5.32 Å². The number of carbonyl (C=O) groups excluding carboxylic acids is 1. The molecule has 0 spiro atoms. The highest BCUT2D eigenvalue weighted by Crippen LogP contribution is 2.38. The molecule has 0 radical (unpaired) electrons. The van der Waals surface area contributed by atoms with Crippen molar-refractivity contribution in [2.45, 2.75) is 31.8 Å². The number of likely N-dealkylation sites (N-methyl/N-ethyl adjacent to an activating group) is 1. The molecule has 19 heavy (non-hydrogen) atoms. The zero-order valence-corrected chi connectivity index (χ0v) is 12.6. The third-order valence-electron chi connectivity index (χ3n) is 4.41. The molecular weight excluding hydrogens is 308 g/mol. The average Bonchev–Trinajstić information content (AvgIpc) is 3.04. The van der Waals surface area contributed by atoms with Gasteiger partial charge in [0, 0.05) is 7.05 Å². The molecule has 0 aromatic carbocycles. The molecule has 1 aromatic rings. The summed E-state index contributed by atoms with van der Waals surface area (Å²) in [6, 6.07) is 3.76. The van der Waals surface area contributed by atoms with Crippen LogP contribution in [-0.2, 0) is 11.3 Å². The van der Waals surface area contributed by atoms with Crippen LogP contribution in [0.15, 0.2) is 21.2 Å². The summed E-state index contributed by atoms with van der Waals surface area (Å²) in [5.74, 6) is 2.25. The summed E-state index contributed by atoms with van der Waals surface area (Å²) >= 11 is 3.28. The van der Waals surface area contributed by atoms with E-state index in [1.54, 1.807) is 4.90 Å². The number of amides is 1. The lowest BCUT2D eigenvalue weighted by Crippen LogP contribution is -2.44. The van der Waals surface area contributed by atoms with Crippen LogP contribution >= 0.6 is 15.9 Å². The first-order valence-electron chi connectivity index (χ1n) is 6.87. The van der Waals surface area contributed by atoms with Crippen molar-refractivity contribution >= 4 is 21.8 Å². The smallest absolute Gasteiger partial charge is 0.240 e. The molecule has 1 N–H and O–H groups in total. The van der Waals surface area contributed by atoms with E-state index in [4.69, 9.17) is 4.42 Å². The predicted octanol–water partition coefficient (Wildman–Crippen LogP) is 2.39. The Morgan fingerprint density at radius 1 is 1.53 bits per heavy atom. The van der Waals surface area contributed by atoms with E-state index in [0.29, 0.717) is 23.1 Å². The maximum Gasteiger partial charge on any atom is 0.240 e. The minimum absolute atomic E-state index is 0.0101. The molecule has 1 aliphatic heterocycles. The summed E-state index contributed by atoms with van der Waals surface area (Å²) in [5, 5.41) is 3.40. The standard InChI is InChI=1S/C14H19BrN2O2/c1-17(8-10-5-6-12(15)19-10)14(18)13-11-4-2-3-9(11)7-16-13/h5-6,9,11,13,16H,2-4,7-8H2,1H3. The molecule has 3 rings (SSSR count). The number of halogens is 1. The van der Waals surface area contributed by atoms with Gasteiger partial charge in [0.25, 0.3) is 0 Å². The van der Waals surface area contributed by atoms with Gasteiger partial charge in [-0.1, -0.05) is 6.42 Å². The van der Waals surface area contributed by atoms with E-state index in [1.165, 1.54) is 19.3 Å². The molecule has 4 nitrogen and oxygen atoms in total. The molecule has 2 aliphatic rings. The molecule has 104 valence electrons. The number of nitrogens with zero attached hydrogens (tertiary/aromatic N) is 1. The topological polar surface area (TPSA) is 45.5 Å². The SMILES string of the molecule is CN(Cc1ccc(Br)o1)C(=O)C1NCC2CCCC21. The monoisotopic (exact) mass is 326 g/mol. The van der Waals surface area contributed by atoms with Crippen LogP contribution in [0, 0.1) is 11.8 Å². The molecule has 3 unspecified atom stereocenters. The molecule has 3 atom stereocenters. The van der Waals surface area contributed by atoms with Crippen LogP contribution in [0.25, 0.3) is 0 Å². The van der Waals surface area contributed by atoms with Gasteiger partial charge in [-0.3, -0.25) is 4.79 Å². The fourth-order valence-corrected chi connectivity index (χ4v) is 3.78. The van der Waals surface area contributed by atoms with Crippen molar-refractivity contribution in [2.75, 3.05) is 13.6 Å². The van der Waals surface area contributed by atoms with Crippen LogP contribution in [0.5, 0.6) is 0 Å². The minimum atomic E-state index is 0.0101. The van der Waals surface area contributed by atoms with Gasteiger partial charge in [-0.2, -0.15) is 0 Å². The van der Waals surface area contributed by atoms with Crippen molar-refractivity contribution in [1.82, 2.24) is 10.2 Å². The Labute approximate surface area is 121 Å². The molecule has 1 aliphatic carbocycles. The molecule has 1 saturated carbocycles. The first-order valence-corrected chi connectivity index (χ1v) is 7.67. The van der Waals surface area contributed by atoms with Gasteiger partial charge in [-0.05, 0) is 59.3 Å². The molecular formula is C14H19BrN2O2. The Kier molecular flexibility index (Phi) is 3.67. The van der Waals surface area contributed by atoms with Gasteiger partial charge in [0.05, 0.1) is 12.6 Å². The van der Waals surface area contributed by atoms with Crippen LogP contribution in [0.2, 0.25) is 0 Å². The maximum atomic E-state index is 12.5. The first kappa shape index (κ1) is 13.2. The second kappa shape index (κ2) is 5.29. The summed E-state index contributed by atoms with van der Waals surface area (Å²) in [6.45, 7) is 1.53. The fourth-order valence-electron chi connectivity index (χ4n) is 3.44. The molecule has 1 aromatic heterocycles. The molecule has 2 fully saturated rings. The van der Waals surface area contributed by atoms with E-state index in [2.05, 4.69) is 21.2 Å². The van der Waals surface area contributed by atoms with E-state index >= 15 is 0 Å². The van der Waals surface area contributed by atoms with Crippen molar-refractivity contribution in [1.29, 1.82) is 0 Å². The lowest BCUT2D eigenvalue weighted by atomic mass is 9.93. The number of furan rings is 1. The van der Waals surface area contributed by atoms with Gasteiger partial charge < -0.3 is 14.6 Å². The Morgan fingerprint density at radius 3 is 3.11 bits per heavy atom. The quantitative estimate of drug-likeness (QED) is 0.927. The molecule has 1 saturated heterocycles. The highest BCUT2D eigenvalue weighted by molar-refractivity contribution is 9.10. The summed E-state index contributed by atoms with van der Waals surface area (Å²) in [5.41, 5.74) is 0. The van der Waals surface area contributed by atoms with Crippen LogP contribution in [0.4, 0.5) is 0 Å². The maximum absolute atomic E-state index is 12.5. The van der Waals surface area contributed by atoms with E-state index < -0.39 is 0 Å². The van der Waals surface area contributed by atoms with E-state index in [9.17, 15) is 4.79 Å². The van der Waals surface area contributed by atoms with Gasteiger partial charge in [-0.15, -0.1) is 0 Å². The highest BCUT2D eigenvalue weighted by atomic mass is 79.9. The zero-order chi connectivity index (χ0) is 13.4. The van der Waals surface area contributed by atoms with E-state index in [0.717, 1.165) is 12.3 Å². The molecule has 2 heterocycles. The summed E-state index contributed by atoms with van der Waals surface area (Å²) in [7, 11) is 1.85. The number of hydrogen-bond donors (Lipinski definition) is 1. The summed E-state index contributed by atoms with van der Waals surface area (Å²) in [4.78, 5) is 14.3. The largest absolute Gasteiger partial charge is 0.452 e. The Bertz CT molecular complexity index is 474. The van der Waals surface area contributed by atoms with Gasteiger partial charge in [-0.25, -0.2) is 0 Å². The number of hydrogen-bond acceptors (Lipinski definition) is 3. The number of carbonyl (C=O) groups is 1.